The first kappa shape index (κ1) is 20.0. The van der Waals surface area contributed by atoms with Gasteiger partial charge < -0.3 is 15.0 Å². The summed E-state index contributed by atoms with van der Waals surface area (Å²) < 4.78 is 5.50. The maximum Gasteiger partial charge on any atom is 0.266 e. The first-order chi connectivity index (χ1) is 15.1. The Kier molecular flexibility index (Phi) is 5.55. The maximum atomic E-state index is 12.9. The minimum absolute atomic E-state index is 0.0161. The summed E-state index contributed by atoms with van der Waals surface area (Å²) in [5, 5.41) is 13.4. The highest BCUT2D eigenvalue weighted by molar-refractivity contribution is 6.12. The molecule has 4 aromatic rings. The van der Waals surface area contributed by atoms with E-state index in [1.807, 2.05) is 73.7 Å². The van der Waals surface area contributed by atoms with Gasteiger partial charge in [0.1, 0.15) is 17.4 Å². The summed E-state index contributed by atoms with van der Waals surface area (Å²) in [5.41, 5.74) is 5.02. The van der Waals surface area contributed by atoms with E-state index in [2.05, 4.69) is 16.4 Å². The maximum absolute atomic E-state index is 12.9. The molecule has 0 aliphatic heterocycles. The molecule has 1 heterocycles. The molecule has 152 valence electrons. The van der Waals surface area contributed by atoms with Crippen LogP contribution in [0.5, 0.6) is 5.75 Å². The molecule has 1 aromatic heterocycles. The summed E-state index contributed by atoms with van der Waals surface area (Å²) in [6.07, 6.45) is 1.63. The highest BCUT2D eigenvalue weighted by Crippen LogP contribution is 2.36. The van der Waals surface area contributed by atoms with E-state index in [4.69, 9.17) is 4.74 Å². The Bertz CT molecular complexity index is 1330. The lowest BCUT2D eigenvalue weighted by Crippen LogP contribution is -2.13. The summed E-state index contributed by atoms with van der Waals surface area (Å²) in [7, 11) is 1.61. The van der Waals surface area contributed by atoms with Gasteiger partial charge in [-0.3, -0.25) is 4.79 Å². The van der Waals surface area contributed by atoms with Gasteiger partial charge in [0.05, 0.1) is 18.3 Å². The molecule has 0 aliphatic carbocycles. The van der Waals surface area contributed by atoms with Gasteiger partial charge in [-0.1, -0.05) is 54.6 Å². The van der Waals surface area contributed by atoms with Crippen molar-refractivity contribution >= 4 is 28.6 Å². The van der Waals surface area contributed by atoms with Crippen LogP contribution < -0.4 is 10.1 Å². The van der Waals surface area contributed by atoms with Crippen LogP contribution in [0.3, 0.4) is 0 Å². The fourth-order valence-electron chi connectivity index (χ4n) is 3.58. The Labute approximate surface area is 180 Å². The van der Waals surface area contributed by atoms with Gasteiger partial charge in [0.15, 0.2) is 0 Å². The Morgan fingerprint density at radius 1 is 1.06 bits per heavy atom. The minimum Gasteiger partial charge on any atom is -0.495 e. The SMILES string of the molecule is COc1cccc2c(/C=C(\C#N)C(=O)Nc3cccc(C)c3)c(-c3ccccc3)[nH]c12. The van der Waals surface area contributed by atoms with E-state index in [0.717, 1.165) is 33.3 Å². The number of para-hydroxylation sites is 1. The Morgan fingerprint density at radius 3 is 2.55 bits per heavy atom. The summed E-state index contributed by atoms with van der Waals surface area (Å²) in [5.74, 6) is 0.237. The molecule has 0 saturated carbocycles. The number of nitrogens with one attached hydrogen (secondary N) is 2. The highest BCUT2D eigenvalue weighted by Gasteiger charge is 2.17. The number of benzene rings is 3. The van der Waals surface area contributed by atoms with Gasteiger partial charge in [-0.2, -0.15) is 5.26 Å². The van der Waals surface area contributed by atoms with Crippen molar-refractivity contribution < 1.29 is 9.53 Å². The number of aromatic nitrogens is 1. The Morgan fingerprint density at radius 2 is 1.84 bits per heavy atom. The van der Waals surface area contributed by atoms with E-state index in [1.165, 1.54) is 0 Å². The summed E-state index contributed by atoms with van der Waals surface area (Å²) in [6.45, 7) is 1.95. The number of rotatable bonds is 5. The number of nitrogens with zero attached hydrogens (tertiary/aromatic N) is 1. The molecule has 0 radical (unpaired) electrons. The molecule has 5 nitrogen and oxygen atoms in total. The number of anilines is 1. The predicted molar refractivity (Wildman–Crippen MR) is 124 cm³/mol. The zero-order valence-corrected chi connectivity index (χ0v) is 17.3. The summed E-state index contributed by atoms with van der Waals surface area (Å²) in [6, 6.07) is 25.0. The van der Waals surface area contributed by atoms with Gasteiger partial charge in [-0.15, -0.1) is 0 Å². The van der Waals surface area contributed by atoms with Crippen LogP contribution in [-0.2, 0) is 4.79 Å². The standard InChI is InChI=1S/C26H21N3O2/c1-17-8-6-11-20(14-17)28-26(30)19(16-27)15-22-21-12-7-13-23(31-2)25(21)29-24(22)18-9-4-3-5-10-18/h3-15,29H,1-2H3,(H,28,30)/b19-15+. The van der Waals surface area contributed by atoms with E-state index in [1.54, 1.807) is 19.3 Å². The number of aryl methyl sites for hydroxylation is 1. The lowest BCUT2D eigenvalue weighted by atomic mass is 10.0. The normalized spacial score (nSPS) is 11.2. The van der Waals surface area contributed by atoms with Crippen molar-refractivity contribution in [2.75, 3.05) is 12.4 Å². The second-order valence-corrected chi connectivity index (χ2v) is 7.16. The Balaban J connectivity index is 1.84. The van der Waals surface area contributed by atoms with Gasteiger partial charge in [0, 0.05) is 16.6 Å². The third-order valence-corrected chi connectivity index (χ3v) is 5.05. The van der Waals surface area contributed by atoms with Crippen molar-refractivity contribution in [2.45, 2.75) is 6.92 Å². The first-order valence-electron chi connectivity index (χ1n) is 9.84. The molecule has 0 spiro atoms. The molecular weight excluding hydrogens is 386 g/mol. The average molecular weight is 407 g/mol. The second kappa shape index (κ2) is 8.60. The van der Waals surface area contributed by atoms with Crippen LogP contribution in [0.1, 0.15) is 11.1 Å². The fraction of sp³-hybridized carbons (Fsp3) is 0.0769. The van der Waals surface area contributed by atoms with Crippen LogP contribution in [0.4, 0.5) is 5.69 Å². The molecule has 0 bridgehead atoms. The Hall–Kier alpha value is -4.30. The zero-order valence-electron chi connectivity index (χ0n) is 17.3. The lowest BCUT2D eigenvalue weighted by Gasteiger charge is -2.06. The van der Waals surface area contributed by atoms with Crippen molar-refractivity contribution in [3.63, 3.8) is 0 Å². The van der Waals surface area contributed by atoms with E-state index >= 15 is 0 Å². The van der Waals surface area contributed by atoms with Crippen molar-refractivity contribution in [3.05, 3.63) is 89.5 Å². The number of amides is 1. The number of H-pyrrole nitrogens is 1. The minimum atomic E-state index is -0.454. The molecule has 4 rings (SSSR count). The van der Waals surface area contributed by atoms with Crippen LogP contribution in [0, 0.1) is 18.3 Å². The smallest absolute Gasteiger partial charge is 0.266 e. The monoisotopic (exact) mass is 407 g/mol. The molecule has 0 aliphatic rings. The molecule has 0 atom stereocenters. The molecule has 0 saturated heterocycles. The van der Waals surface area contributed by atoms with Crippen LogP contribution in [0.25, 0.3) is 28.2 Å². The van der Waals surface area contributed by atoms with Gasteiger partial charge in [-0.05, 0) is 42.3 Å². The van der Waals surface area contributed by atoms with E-state index in [0.29, 0.717) is 11.4 Å². The van der Waals surface area contributed by atoms with Crippen molar-refractivity contribution in [1.29, 1.82) is 5.26 Å². The average Bonchev–Trinajstić information content (AvgIpc) is 3.16. The number of carbonyl (C=O) groups is 1. The molecule has 5 heteroatoms. The number of aromatic amines is 1. The number of ether oxygens (including phenoxy) is 1. The van der Waals surface area contributed by atoms with Gasteiger partial charge in [0.25, 0.3) is 5.91 Å². The molecule has 2 N–H and O–H groups in total. The van der Waals surface area contributed by atoms with Crippen LogP contribution in [0.2, 0.25) is 0 Å². The van der Waals surface area contributed by atoms with E-state index in [9.17, 15) is 10.1 Å². The largest absolute Gasteiger partial charge is 0.495 e. The van der Waals surface area contributed by atoms with Crippen molar-refractivity contribution in [2.24, 2.45) is 0 Å². The molecule has 3 aromatic carbocycles. The van der Waals surface area contributed by atoms with Crippen LogP contribution >= 0.6 is 0 Å². The number of hydrogen-bond donors (Lipinski definition) is 2. The quantitative estimate of drug-likeness (QED) is 0.329. The molecule has 0 fully saturated rings. The fourth-order valence-corrected chi connectivity index (χ4v) is 3.58. The number of nitriles is 1. The van der Waals surface area contributed by atoms with E-state index < -0.39 is 5.91 Å². The van der Waals surface area contributed by atoms with Crippen molar-refractivity contribution in [3.8, 4) is 23.1 Å². The van der Waals surface area contributed by atoms with Gasteiger partial charge >= 0.3 is 0 Å². The number of carbonyl (C=O) groups excluding carboxylic acids is 1. The van der Waals surface area contributed by atoms with Crippen LogP contribution in [-0.4, -0.2) is 18.0 Å². The predicted octanol–water partition coefficient (Wildman–Crippen LogP) is 5.70. The number of hydrogen-bond acceptors (Lipinski definition) is 3. The first-order valence-corrected chi connectivity index (χ1v) is 9.84. The highest BCUT2D eigenvalue weighted by atomic mass is 16.5. The van der Waals surface area contributed by atoms with Gasteiger partial charge in [-0.25, -0.2) is 0 Å². The topological polar surface area (TPSA) is 77.9 Å². The lowest BCUT2D eigenvalue weighted by molar-refractivity contribution is -0.112. The molecule has 31 heavy (non-hydrogen) atoms. The number of methoxy groups -OCH3 is 1. The third kappa shape index (κ3) is 4.05. The van der Waals surface area contributed by atoms with Crippen molar-refractivity contribution in [1.82, 2.24) is 4.98 Å². The third-order valence-electron chi connectivity index (χ3n) is 5.05. The van der Waals surface area contributed by atoms with Gasteiger partial charge in [0.2, 0.25) is 0 Å². The molecule has 1 amide bonds. The van der Waals surface area contributed by atoms with Crippen LogP contribution in [0.15, 0.2) is 78.4 Å². The molecule has 0 unspecified atom stereocenters. The zero-order chi connectivity index (χ0) is 21.8. The second-order valence-electron chi connectivity index (χ2n) is 7.16. The number of fused-ring (bicyclic) bond motifs is 1. The summed E-state index contributed by atoms with van der Waals surface area (Å²) in [4.78, 5) is 16.3. The van der Waals surface area contributed by atoms with E-state index in [-0.39, 0.29) is 5.57 Å². The molecular formula is C26H21N3O2. The summed E-state index contributed by atoms with van der Waals surface area (Å²) >= 11 is 0.